The van der Waals surface area contributed by atoms with E-state index in [-0.39, 0.29) is 11.9 Å². The number of para-hydroxylation sites is 1. The summed E-state index contributed by atoms with van der Waals surface area (Å²) in [4.78, 5) is 14.0. The minimum atomic E-state index is 0.160. The molecule has 0 aromatic heterocycles. The maximum absolute atomic E-state index is 12.3. The fraction of sp³-hybridized carbons (Fsp3) is 0.611. The van der Waals surface area contributed by atoms with Crippen molar-refractivity contribution >= 4 is 11.6 Å². The van der Waals surface area contributed by atoms with Gasteiger partial charge in [-0.05, 0) is 29.9 Å². The first kappa shape index (κ1) is 14.6. The van der Waals surface area contributed by atoms with Crippen molar-refractivity contribution < 1.29 is 4.79 Å². The van der Waals surface area contributed by atoms with Gasteiger partial charge in [0.25, 0.3) is 0 Å². The molecule has 1 aliphatic heterocycles. The fourth-order valence-electron chi connectivity index (χ4n) is 3.84. The summed E-state index contributed by atoms with van der Waals surface area (Å²) in [6.45, 7) is 4.71. The summed E-state index contributed by atoms with van der Waals surface area (Å²) in [5.41, 5.74) is 2.64. The standard InChI is InChI=1S/C18H26N2O/c1-18(2)11-7-6-10-16(18)19-14-12-17(21)20(3)15-9-5-4-8-13(14)15/h4-5,8-9,14,16,19H,6-7,10-12H2,1-3H3. The molecule has 2 atom stereocenters. The van der Waals surface area contributed by atoms with Crippen LogP contribution in [0.2, 0.25) is 0 Å². The molecule has 3 rings (SSSR count). The van der Waals surface area contributed by atoms with Gasteiger partial charge in [-0.1, -0.05) is 44.9 Å². The Hall–Kier alpha value is -1.35. The Morgan fingerprint density at radius 1 is 1.24 bits per heavy atom. The lowest BCUT2D eigenvalue weighted by Crippen LogP contribution is -2.48. The minimum Gasteiger partial charge on any atom is -0.315 e. The molecule has 2 unspecified atom stereocenters. The van der Waals surface area contributed by atoms with E-state index in [4.69, 9.17) is 0 Å². The number of amides is 1. The van der Waals surface area contributed by atoms with Crippen molar-refractivity contribution in [2.75, 3.05) is 11.9 Å². The second-order valence-electron chi connectivity index (χ2n) is 7.22. The smallest absolute Gasteiger partial charge is 0.228 e. The van der Waals surface area contributed by atoms with Crippen molar-refractivity contribution in [2.45, 2.75) is 58.0 Å². The van der Waals surface area contributed by atoms with Crippen LogP contribution >= 0.6 is 0 Å². The molecule has 0 spiro atoms. The lowest BCUT2D eigenvalue weighted by molar-refractivity contribution is -0.119. The van der Waals surface area contributed by atoms with Gasteiger partial charge in [0.15, 0.2) is 0 Å². The van der Waals surface area contributed by atoms with Gasteiger partial charge in [0.1, 0.15) is 0 Å². The zero-order valence-electron chi connectivity index (χ0n) is 13.4. The van der Waals surface area contributed by atoms with E-state index in [2.05, 4.69) is 31.3 Å². The number of nitrogens with zero attached hydrogens (tertiary/aromatic N) is 1. The van der Waals surface area contributed by atoms with Gasteiger partial charge in [0, 0.05) is 31.2 Å². The lowest BCUT2D eigenvalue weighted by atomic mass is 9.72. The van der Waals surface area contributed by atoms with E-state index in [0.29, 0.717) is 17.9 Å². The summed E-state index contributed by atoms with van der Waals surface area (Å²) in [5.74, 6) is 0.208. The minimum absolute atomic E-state index is 0.160. The molecule has 1 saturated carbocycles. The summed E-state index contributed by atoms with van der Waals surface area (Å²) in [6.07, 6.45) is 5.68. The van der Waals surface area contributed by atoms with E-state index in [1.165, 1.54) is 31.2 Å². The van der Waals surface area contributed by atoms with Gasteiger partial charge in [-0.25, -0.2) is 0 Å². The van der Waals surface area contributed by atoms with Crippen molar-refractivity contribution in [3.05, 3.63) is 29.8 Å². The van der Waals surface area contributed by atoms with Crippen molar-refractivity contribution in [3.8, 4) is 0 Å². The fourth-order valence-corrected chi connectivity index (χ4v) is 3.84. The van der Waals surface area contributed by atoms with Gasteiger partial charge in [-0.2, -0.15) is 0 Å². The summed E-state index contributed by atoms with van der Waals surface area (Å²) in [6, 6.07) is 8.95. The number of benzene rings is 1. The van der Waals surface area contributed by atoms with Gasteiger partial charge in [0.2, 0.25) is 5.91 Å². The average molecular weight is 286 g/mol. The normalized spacial score (nSPS) is 28.3. The van der Waals surface area contributed by atoms with Crippen molar-refractivity contribution in [2.24, 2.45) is 5.41 Å². The van der Waals surface area contributed by atoms with Gasteiger partial charge in [-0.3, -0.25) is 4.79 Å². The Morgan fingerprint density at radius 2 is 2.00 bits per heavy atom. The molecular weight excluding hydrogens is 260 g/mol. The Balaban J connectivity index is 1.86. The predicted octanol–water partition coefficient (Wildman–Crippen LogP) is 3.65. The lowest BCUT2D eigenvalue weighted by Gasteiger charge is -2.43. The first-order chi connectivity index (χ1) is 9.99. The third kappa shape index (κ3) is 2.71. The summed E-state index contributed by atoms with van der Waals surface area (Å²) < 4.78 is 0. The first-order valence-electron chi connectivity index (χ1n) is 8.10. The van der Waals surface area contributed by atoms with E-state index in [0.717, 1.165) is 5.69 Å². The number of nitrogens with one attached hydrogen (secondary N) is 1. The van der Waals surface area contributed by atoms with E-state index in [1.807, 2.05) is 19.2 Å². The van der Waals surface area contributed by atoms with Crippen LogP contribution in [0.15, 0.2) is 24.3 Å². The zero-order valence-corrected chi connectivity index (χ0v) is 13.4. The van der Waals surface area contributed by atoms with Crippen LogP contribution in [0.5, 0.6) is 0 Å². The molecule has 1 aliphatic carbocycles. The van der Waals surface area contributed by atoms with E-state index in [1.54, 1.807) is 4.90 Å². The summed E-state index contributed by atoms with van der Waals surface area (Å²) in [5, 5.41) is 3.81. The number of hydrogen-bond acceptors (Lipinski definition) is 2. The molecule has 1 aromatic carbocycles. The number of anilines is 1. The van der Waals surface area contributed by atoms with Crippen molar-refractivity contribution in [3.63, 3.8) is 0 Å². The summed E-state index contributed by atoms with van der Waals surface area (Å²) >= 11 is 0. The molecule has 1 fully saturated rings. The molecule has 0 saturated heterocycles. The molecule has 1 N–H and O–H groups in total. The number of hydrogen-bond donors (Lipinski definition) is 1. The third-order valence-corrected chi connectivity index (χ3v) is 5.34. The third-order valence-electron chi connectivity index (χ3n) is 5.34. The molecule has 3 nitrogen and oxygen atoms in total. The highest BCUT2D eigenvalue weighted by molar-refractivity contribution is 5.96. The van der Waals surface area contributed by atoms with E-state index >= 15 is 0 Å². The second-order valence-corrected chi connectivity index (χ2v) is 7.22. The Morgan fingerprint density at radius 3 is 2.76 bits per heavy atom. The molecule has 1 heterocycles. The summed E-state index contributed by atoms with van der Waals surface area (Å²) in [7, 11) is 1.88. The van der Waals surface area contributed by atoms with E-state index < -0.39 is 0 Å². The topological polar surface area (TPSA) is 32.3 Å². The number of carbonyl (C=O) groups is 1. The maximum Gasteiger partial charge on any atom is 0.228 e. The van der Waals surface area contributed by atoms with Crippen LogP contribution in [0.3, 0.4) is 0 Å². The second kappa shape index (κ2) is 5.45. The largest absolute Gasteiger partial charge is 0.315 e. The van der Waals surface area contributed by atoms with Gasteiger partial charge >= 0.3 is 0 Å². The molecular formula is C18H26N2O. The van der Waals surface area contributed by atoms with Crippen LogP contribution < -0.4 is 10.2 Å². The highest BCUT2D eigenvalue weighted by Crippen LogP contribution is 2.39. The molecule has 0 bridgehead atoms. The molecule has 2 aliphatic rings. The number of fused-ring (bicyclic) bond motifs is 1. The van der Waals surface area contributed by atoms with Crippen LogP contribution in [0.25, 0.3) is 0 Å². The van der Waals surface area contributed by atoms with Crippen molar-refractivity contribution in [1.82, 2.24) is 5.32 Å². The Kier molecular flexibility index (Phi) is 3.78. The zero-order chi connectivity index (χ0) is 15.0. The van der Waals surface area contributed by atoms with Crippen LogP contribution in [-0.4, -0.2) is 19.0 Å². The SMILES string of the molecule is CN1C(=O)CC(NC2CCCCC2(C)C)c2ccccc21. The average Bonchev–Trinajstić information content (AvgIpc) is 2.46. The Bertz CT molecular complexity index is 538. The van der Waals surface area contributed by atoms with Gasteiger partial charge in [0.05, 0.1) is 0 Å². The Labute approximate surface area is 127 Å². The van der Waals surface area contributed by atoms with Crippen LogP contribution in [-0.2, 0) is 4.79 Å². The highest BCUT2D eigenvalue weighted by atomic mass is 16.2. The molecule has 21 heavy (non-hydrogen) atoms. The van der Waals surface area contributed by atoms with Crippen molar-refractivity contribution in [1.29, 1.82) is 0 Å². The molecule has 1 amide bonds. The highest BCUT2D eigenvalue weighted by Gasteiger charge is 2.36. The van der Waals surface area contributed by atoms with Crippen LogP contribution in [0, 0.1) is 5.41 Å². The van der Waals surface area contributed by atoms with Gasteiger partial charge < -0.3 is 10.2 Å². The van der Waals surface area contributed by atoms with Crippen LogP contribution in [0.4, 0.5) is 5.69 Å². The van der Waals surface area contributed by atoms with Gasteiger partial charge in [-0.15, -0.1) is 0 Å². The molecule has 114 valence electrons. The quantitative estimate of drug-likeness (QED) is 0.900. The first-order valence-corrected chi connectivity index (χ1v) is 8.10. The number of carbonyl (C=O) groups excluding carboxylic acids is 1. The van der Waals surface area contributed by atoms with Crippen LogP contribution in [0.1, 0.15) is 57.6 Å². The van der Waals surface area contributed by atoms with E-state index in [9.17, 15) is 4.79 Å². The molecule has 0 radical (unpaired) electrons. The maximum atomic E-state index is 12.3. The predicted molar refractivity (Wildman–Crippen MR) is 86.4 cm³/mol. The monoisotopic (exact) mass is 286 g/mol. The molecule has 1 aromatic rings. The molecule has 3 heteroatoms. The number of rotatable bonds is 2.